The molecule has 27 heavy (non-hydrogen) atoms. The Morgan fingerprint density at radius 1 is 1.30 bits per heavy atom. The largest absolute Gasteiger partial charge is 0.573 e. The lowest BCUT2D eigenvalue weighted by molar-refractivity contribution is -0.274. The minimum Gasteiger partial charge on any atom is -0.404 e. The lowest BCUT2D eigenvalue weighted by atomic mass is 9.83. The Labute approximate surface area is 159 Å². The van der Waals surface area contributed by atoms with Crippen LogP contribution in [0.2, 0.25) is 5.02 Å². The molecule has 6 nitrogen and oxygen atoms in total. The number of hydrogen-bond acceptors (Lipinski definition) is 6. The predicted octanol–water partition coefficient (Wildman–Crippen LogP) is 3.15. The fraction of sp³-hybridized carbons (Fsp3) is 0.353. The number of hydrogen-bond donors (Lipinski definition) is 4. The molecule has 1 atom stereocenters. The van der Waals surface area contributed by atoms with Crippen molar-refractivity contribution in [2.24, 2.45) is 11.7 Å². The van der Waals surface area contributed by atoms with Crippen molar-refractivity contribution in [1.82, 2.24) is 15.8 Å². The van der Waals surface area contributed by atoms with Crippen LogP contribution in [0, 0.1) is 5.92 Å². The molecular weight excluding hydrogens is 385 g/mol. The van der Waals surface area contributed by atoms with Gasteiger partial charge in [-0.2, -0.15) is 0 Å². The number of fused-ring (bicyclic) bond motifs is 1. The van der Waals surface area contributed by atoms with Gasteiger partial charge in [-0.3, -0.25) is 0 Å². The topological polar surface area (TPSA) is 92.4 Å². The zero-order valence-electron chi connectivity index (χ0n) is 14.9. The Kier molecular flexibility index (Phi) is 6.08. The molecule has 2 aromatic rings. The van der Waals surface area contributed by atoms with E-state index >= 15 is 0 Å². The molecule has 0 aliphatic carbocycles. The van der Waals surface area contributed by atoms with Crippen molar-refractivity contribution in [3.8, 4) is 5.75 Å². The number of rotatable bonds is 6. The summed E-state index contributed by atoms with van der Waals surface area (Å²) in [6, 6.07) is 5.37. The maximum atomic E-state index is 12.5. The predicted molar refractivity (Wildman–Crippen MR) is 96.6 cm³/mol. The first-order valence-electron chi connectivity index (χ1n) is 7.97. The molecule has 1 aromatic heterocycles. The van der Waals surface area contributed by atoms with E-state index in [2.05, 4.69) is 20.6 Å². The third kappa shape index (κ3) is 4.20. The summed E-state index contributed by atoms with van der Waals surface area (Å²) in [5, 5.41) is 11.3. The number of nitrogens with one attached hydrogen (secondary N) is 2. The summed E-state index contributed by atoms with van der Waals surface area (Å²) >= 11 is 6.04. The van der Waals surface area contributed by atoms with Crippen molar-refractivity contribution in [2.45, 2.75) is 25.8 Å². The van der Waals surface area contributed by atoms with Gasteiger partial charge in [0.2, 0.25) is 0 Å². The van der Waals surface area contributed by atoms with E-state index in [0.29, 0.717) is 5.52 Å². The monoisotopic (exact) mass is 404 g/mol. The van der Waals surface area contributed by atoms with Crippen LogP contribution in [0.4, 0.5) is 13.2 Å². The van der Waals surface area contributed by atoms with Gasteiger partial charge < -0.3 is 21.0 Å². The molecule has 0 fully saturated rings. The highest BCUT2D eigenvalue weighted by atomic mass is 35.5. The fourth-order valence-electron chi connectivity index (χ4n) is 2.71. The van der Waals surface area contributed by atoms with Crippen LogP contribution in [-0.4, -0.2) is 23.5 Å². The van der Waals surface area contributed by atoms with E-state index in [4.69, 9.17) is 17.3 Å². The van der Waals surface area contributed by atoms with Crippen LogP contribution in [-0.2, 0) is 5.60 Å². The van der Waals surface area contributed by atoms with Gasteiger partial charge in [-0.15, -0.1) is 13.2 Å². The summed E-state index contributed by atoms with van der Waals surface area (Å²) in [4.78, 5) is 4.38. The number of halogens is 4. The molecule has 0 spiro atoms. The van der Waals surface area contributed by atoms with Crippen molar-refractivity contribution < 1.29 is 23.0 Å². The van der Waals surface area contributed by atoms with E-state index in [1.54, 1.807) is 20.9 Å². The summed E-state index contributed by atoms with van der Waals surface area (Å²) in [6.07, 6.45) is -3.64. The summed E-state index contributed by atoms with van der Waals surface area (Å²) in [5.74, 6) is -0.855. The van der Waals surface area contributed by atoms with Gasteiger partial charge in [-0.25, -0.2) is 10.4 Å². The molecule has 0 radical (unpaired) electrons. The molecule has 0 saturated carbocycles. The van der Waals surface area contributed by atoms with Gasteiger partial charge in [0.25, 0.3) is 0 Å². The Bertz CT molecular complexity index is 858. The number of ether oxygens (including phenoxy) is 1. The molecule has 5 N–H and O–H groups in total. The van der Waals surface area contributed by atoms with Gasteiger partial charge in [0.1, 0.15) is 5.75 Å². The van der Waals surface area contributed by atoms with Crippen LogP contribution in [0.1, 0.15) is 19.5 Å². The lowest BCUT2D eigenvalue weighted by Gasteiger charge is -2.34. The molecule has 10 heteroatoms. The Morgan fingerprint density at radius 2 is 1.96 bits per heavy atom. The number of nitrogens with zero attached hydrogens (tertiary/aromatic N) is 1. The molecule has 148 valence electrons. The number of alkyl halides is 3. The first-order valence-corrected chi connectivity index (χ1v) is 8.35. The number of aromatic nitrogens is 1. The summed E-state index contributed by atoms with van der Waals surface area (Å²) < 4.78 is 41.3. The average molecular weight is 405 g/mol. The van der Waals surface area contributed by atoms with Crippen LogP contribution in [0.25, 0.3) is 10.9 Å². The van der Waals surface area contributed by atoms with Crippen LogP contribution in [0.15, 0.2) is 36.2 Å². The minimum atomic E-state index is -4.86. The van der Waals surface area contributed by atoms with E-state index in [-0.39, 0.29) is 27.7 Å². The molecule has 1 unspecified atom stereocenters. The SMILES string of the molecule is CNNC(=CN)C(O)(c1ccc2c(Cl)c(OC(F)(F)F)ccc2n1)C(C)C. The highest BCUT2D eigenvalue weighted by Crippen LogP contribution is 2.38. The van der Waals surface area contributed by atoms with Crippen molar-refractivity contribution in [2.75, 3.05) is 7.05 Å². The van der Waals surface area contributed by atoms with Crippen molar-refractivity contribution in [3.05, 3.63) is 46.9 Å². The lowest BCUT2D eigenvalue weighted by Crippen LogP contribution is -2.45. The molecule has 1 aromatic carbocycles. The number of nitrogens with two attached hydrogens (primary N) is 1. The Balaban J connectivity index is 2.59. The third-order valence-electron chi connectivity index (χ3n) is 4.06. The minimum absolute atomic E-state index is 0.222. The summed E-state index contributed by atoms with van der Waals surface area (Å²) in [7, 11) is 1.61. The van der Waals surface area contributed by atoms with Gasteiger partial charge in [0.05, 0.1) is 21.9 Å². The number of aliphatic hydroxyl groups is 1. The number of pyridine rings is 1. The second-order valence-electron chi connectivity index (χ2n) is 6.07. The van der Waals surface area contributed by atoms with Gasteiger partial charge in [0, 0.05) is 18.6 Å². The average Bonchev–Trinajstić information content (AvgIpc) is 2.60. The molecule has 2 rings (SSSR count). The van der Waals surface area contributed by atoms with Crippen molar-refractivity contribution in [1.29, 1.82) is 0 Å². The molecule has 0 amide bonds. The molecular formula is C17H20ClF3N4O2. The van der Waals surface area contributed by atoms with Crippen LogP contribution in [0.3, 0.4) is 0 Å². The highest BCUT2D eigenvalue weighted by molar-refractivity contribution is 6.36. The third-order valence-corrected chi connectivity index (χ3v) is 4.45. The molecule has 0 aliphatic heterocycles. The van der Waals surface area contributed by atoms with E-state index in [9.17, 15) is 18.3 Å². The quantitative estimate of drug-likeness (QED) is 0.553. The first-order chi connectivity index (χ1) is 12.5. The maximum absolute atomic E-state index is 12.5. The van der Waals surface area contributed by atoms with E-state index in [1.807, 2.05) is 0 Å². The molecule has 1 heterocycles. The number of benzene rings is 1. The maximum Gasteiger partial charge on any atom is 0.573 e. The zero-order valence-corrected chi connectivity index (χ0v) is 15.6. The molecule has 0 saturated heterocycles. The van der Waals surface area contributed by atoms with Crippen LogP contribution >= 0.6 is 11.6 Å². The van der Waals surface area contributed by atoms with Gasteiger partial charge >= 0.3 is 6.36 Å². The van der Waals surface area contributed by atoms with Gasteiger partial charge in [-0.05, 0) is 30.2 Å². The Hall–Kier alpha value is -2.23. The summed E-state index contributed by atoms with van der Waals surface area (Å²) in [5.41, 5.74) is 10.4. The fourth-order valence-corrected chi connectivity index (χ4v) is 2.97. The first kappa shape index (κ1) is 21.1. The number of hydrazine groups is 1. The van der Waals surface area contributed by atoms with Gasteiger partial charge in [0.15, 0.2) is 5.60 Å². The second kappa shape index (κ2) is 7.79. The summed E-state index contributed by atoms with van der Waals surface area (Å²) in [6.45, 7) is 3.56. The molecule has 0 bridgehead atoms. The Morgan fingerprint density at radius 3 is 2.48 bits per heavy atom. The normalized spacial score (nSPS) is 15.1. The standard InChI is InChI=1S/C17H20ClF3N4O2/c1-9(2)16(26,14(8-22)25-23-3)13-7-4-10-11(24-13)5-6-12(15(10)18)27-17(19,20)21/h4-9,23,25-26H,22H2,1-3H3. The molecule has 0 aliphatic rings. The van der Waals surface area contributed by atoms with Crippen molar-refractivity contribution in [3.63, 3.8) is 0 Å². The zero-order chi connectivity index (χ0) is 20.4. The van der Waals surface area contributed by atoms with E-state index in [0.717, 1.165) is 6.07 Å². The van der Waals surface area contributed by atoms with Gasteiger partial charge in [-0.1, -0.05) is 25.4 Å². The van der Waals surface area contributed by atoms with E-state index < -0.39 is 17.7 Å². The second-order valence-corrected chi connectivity index (χ2v) is 6.44. The smallest absolute Gasteiger partial charge is 0.404 e. The van der Waals surface area contributed by atoms with Crippen LogP contribution in [0.5, 0.6) is 5.75 Å². The van der Waals surface area contributed by atoms with E-state index in [1.165, 1.54) is 24.4 Å². The highest BCUT2D eigenvalue weighted by Gasteiger charge is 2.39. The van der Waals surface area contributed by atoms with Crippen LogP contribution < -0.4 is 21.3 Å². The van der Waals surface area contributed by atoms with Crippen molar-refractivity contribution >= 4 is 22.5 Å².